The number of aromatic nitrogens is 2. The van der Waals surface area contributed by atoms with Gasteiger partial charge < -0.3 is 14.8 Å². The third kappa shape index (κ3) is 5.96. The molecule has 1 aliphatic heterocycles. The maximum absolute atomic E-state index is 12.4. The molecule has 11 nitrogen and oxygen atoms in total. The molecule has 0 spiro atoms. The first kappa shape index (κ1) is 27.6. The summed E-state index contributed by atoms with van der Waals surface area (Å²) in [6.45, 7) is 6.24. The lowest BCUT2D eigenvalue weighted by atomic mass is 9.84. The number of nitrogens with zero attached hydrogens (tertiary/aromatic N) is 3. The predicted octanol–water partition coefficient (Wildman–Crippen LogP) is 5.86. The Balaban J connectivity index is 1.23. The van der Waals surface area contributed by atoms with Gasteiger partial charge in [-0.25, -0.2) is 13.2 Å². The SMILES string of the molecule is CC(C)(C)n1nc(Nc2ccc3c(c2)S(=O)(=O)CC3)cc1C1CCC(OC(=O)Oc2ccc([N+](=O)[O-])cc2)CC1. The molecule has 1 N–H and O–H groups in total. The van der Waals surface area contributed by atoms with Crippen LogP contribution in [0.5, 0.6) is 5.75 Å². The lowest BCUT2D eigenvalue weighted by Crippen LogP contribution is -2.29. The van der Waals surface area contributed by atoms with Gasteiger partial charge in [-0.15, -0.1) is 0 Å². The first-order valence-electron chi connectivity index (χ1n) is 13.2. The number of nitro groups is 1. The summed E-state index contributed by atoms with van der Waals surface area (Å²) in [7, 11) is -3.24. The fraction of sp³-hybridized carbons (Fsp3) is 0.429. The van der Waals surface area contributed by atoms with Crippen LogP contribution < -0.4 is 10.1 Å². The summed E-state index contributed by atoms with van der Waals surface area (Å²) in [4.78, 5) is 22.9. The van der Waals surface area contributed by atoms with E-state index in [4.69, 9.17) is 14.6 Å². The number of carbonyl (C=O) groups excluding carboxylic acids is 1. The Morgan fingerprint density at radius 2 is 1.77 bits per heavy atom. The maximum Gasteiger partial charge on any atom is 0.514 e. The monoisotopic (exact) mass is 568 g/mol. The quantitative estimate of drug-likeness (QED) is 0.167. The Morgan fingerprint density at radius 3 is 2.42 bits per heavy atom. The van der Waals surface area contributed by atoms with E-state index in [9.17, 15) is 23.3 Å². The van der Waals surface area contributed by atoms with Crippen molar-refractivity contribution in [3.63, 3.8) is 0 Å². The van der Waals surface area contributed by atoms with Crippen LogP contribution in [0, 0.1) is 10.1 Å². The summed E-state index contributed by atoms with van der Waals surface area (Å²) in [6.07, 6.45) is 2.30. The summed E-state index contributed by atoms with van der Waals surface area (Å²) >= 11 is 0. The molecule has 0 amide bonds. The number of hydrogen-bond donors (Lipinski definition) is 1. The average Bonchev–Trinajstić information content (AvgIpc) is 3.45. The zero-order valence-electron chi connectivity index (χ0n) is 22.6. The number of nitro benzene ring substituents is 1. The number of anilines is 2. The second-order valence-electron chi connectivity index (χ2n) is 11.2. The highest BCUT2D eigenvalue weighted by atomic mass is 32.2. The van der Waals surface area contributed by atoms with Crippen molar-refractivity contribution in [3.05, 3.63) is 69.9 Å². The summed E-state index contributed by atoms with van der Waals surface area (Å²) in [5, 5.41) is 18.9. The Morgan fingerprint density at radius 1 is 1.07 bits per heavy atom. The molecule has 2 heterocycles. The molecule has 1 aromatic heterocycles. The number of nitrogens with one attached hydrogen (secondary N) is 1. The molecule has 2 aliphatic rings. The number of rotatable bonds is 6. The minimum absolute atomic E-state index is 0.0906. The van der Waals surface area contributed by atoms with E-state index >= 15 is 0 Å². The van der Waals surface area contributed by atoms with Crippen LogP contribution in [0.2, 0.25) is 0 Å². The van der Waals surface area contributed by atoms with Crippen molar-refractivity contribution in [3.8, 4) is 5.75 Å². The molecule has 0 bridgehead atoms. The molecular formula is C28H32N4O7S. The van der Waals surface area contributed by atoms with Gasteiger partial charge >= 0.3 is 6.16 Å². The van der Waals surface area contributed by atoms with E-state index < -0.39 is 20.9 Å². The summed E-state index contributed by atoms with van der Waals surface area (Å²) in [5.41, 5.74) is 2.22. The lowest BCUT2D eigenvalue weighted by molar-refractivity contribution is -0.384. The number of hydrogen-bond acceptors (Lipinski definition) is 9. The largest absolute Gasteiger partial charge is 0.514 e. The van der Waals surface area contributed by atoms with Crippen LogP contribution in [0.4, 0.5) is 22.0 Å². The molecule has 12 heteroatoms. The van der Waals surface area contributed by atoms with Gasteiger partial charge in [0.1, 0.15) is 11.9 Å². The van der Waals surface area contributed by atoms with E-state index in [1.807, 2.05) is 22.9 Å². The van der Waals surface area contributed by atoms with Crippen LogP contribution in [0.15, 0.2) is 53.4 Å². The van der Waals surface area contributed by atoms with Gasteiger partial charge in [0.05, 0.1) is 21.1 Å². The van der Waals surface area contributed by atoms with Crippen LogP contribution >= 0.6 is 0 Å². The highest BCUT2D eigenvalue weighted by molar-refractivity contribution is 7.91. The molecule has 2 aromatic carbocycles. The Bertz CT molecular complexity index is 1530. The first-order valence-corrected chi connectivity index (χ1v) is 14.9. The van der Waals surface area contributed by atoms with Gasteiger partial charge in [-0.1, -0.05) is 6.07 Å². The van der Waals surface area contributed by atoms with Crippen LogP contribution in [0.3, 0.4) is 0 Å². The molecule has 1 fully saturated rings. The molecule has 1 saturated carbocycles. The minimum Gasteiger partial charge on any atom is -0.431 e. The number of ether oxygens (including phenoxy) is 2. The van der Waals surface area contributed by atoms with Crippen LogP contribution in [0.1, 0.15) is 63.6 Å². The van der Waals surface area contributed by atoms with Crippen LogP contribution in [-0.2, 0) is 26.5 Å². The highest BCUT2D eigenvalue weighted by Gasteiger charge is 2.31. The number of benzene rings is 2. The molecule has 3 aromatic rings. The Kier molecular flexibility index (Phi) is 7.30. The molecule has 0 atom stereocenters. The van der Waals surface area contributed by atoms with Gasteiger partial charge in [0.2, 0.25) is 0 Å². The Hall–Kier alpha value is -3.93. The molecular weight excluding hydrogens is 536 g/mol. The summed E-state index contributed by atoms with van der Waals surface area (Å²) in [5.74, 6) is 1.17. The van der Waals surface area contributed by atoms with E-state index in [1.165, 1.54) is 24.3 Å². The van der Waals surface area contributed by atoms with E-state index in [2.05, 4.69) is 26.1 Å². The molecule has 5 rings (SSSR count). The van der Waals surface area contributed by atoms with Gasteiger partial charge in [-0.3, -0.25) is 14.8 Å². The number of sulfone groups is 1. The van der Waals surface area contributed by atoms with Crippen molar-refractivity contribution in [2.24, 2.45) is 0 Å². The first-order chi connectivity index (χ1) is 18.9. The number of aryl methyl sites for hydroxylation is 1. The highest BCUT2D eigenvalue weighted by Crippen LogP contribution is 2.38. The number of carbonyl (C=O) groups is 1. The van der Waals surface area contributed by atoms with Crippen molar-refractivity contribution in [1.82, 2.24) is 9.78 Å². The number of fused-ring (bicyclic) bond motifs is 1. The van der Waals surface area contributed by atoms with Gasteiger partial charge in [0.15, 0.2) is 15.7 Å². The molecule has 0 radical (unpaired) electrons. The molecule has 1 aliphatic carbocycles. The third-order valence-electron chi connectivity index (χ3n) is 7.29. The van der Waals surface area contributed by atoms with E-state index in [1.54, 1.807) is 6.07 Å². The van der Waals surface area contributed by atoms with Crippen molar-refractivity contribution in [1.29, 1.82) is 0 Å². The smallest absolute Gasteiger partial charge is 0.431 e. The zero-order chi connectivity index (χ0) is 28.7. The maximum atomic E-state index is 12.4. The summed E-state index contributed by atoms with van der Waals surface area (Å²) < 4.78 is 37.4. The second-order valence-corrected chi connectivity index (χ2v) is 13.3. The lowest BCUT2D eigenvalue weighted by Gasteiger charge is -2.31. The Labute approximate surface area is 232 Å². The van der Waals surface area contributed by atoms with Crippen molar-refractivity contribution in [2.45, 2.75) is 75.3 Å². The molecule has 0 unspecified atom stereocenters. The minimum atomic E-state index is -3.24. The fourth-order valence-electron chi connectivity index (χ4n) is 5.28. The van der Waals surface area contributed by atoms with Crippen LogP contribution in [0.25, 0.3) is 0 Å². The topological polar surface area (TPSA) is 143 Å². The van der Waals surface area contributed by atoms with Gasteiger partial charge in [0.25, 0.3) is 5.69 Å². The molecule has 212 valence electrons. The standard InChI is InChI=1S/C28H32N4O7S/c1-28(2,3)31-24(17-26(30-31)29-20-7-4-19-14-15-40(36,37)25(19)16-20)18-5-10-22(11-6-18)38-27(33)39-23-12-8-21(9-13-23)32(34)35/h4,7-9,12-13,16-18,22H,5-6,10-11,14-15H2,1-3H3,(H,29,30). The van der Waals surface area contributed by atoms with Gasteiger partial charge in [0, 0.05) is 35.5 Å². The van der Waals surface area contributed by atoms with E-state index in [0.717, 1.165) is 24.1 Å². The number of non-ortho nitro benzene ring substituents is 1. The normalized spacial score (nSPS) is 20.0. The zero-order valence-corrected chi connectivity index (χ0v) is 23.4. The van der Waals surface area contributed by atoms with E-state index in [0.29, 0.717) is 35.7 Å². The average molecular weight is 569 g/mol. The van der Waals surface area contributed by atoms with Crippen LogP contribution in [-0.4, -0.2) is 41.1 Å². The van der Waals surface area contributed by atoms with Gasteiger partial charge in [-0.2, -0.15) is 5.10 Å². The predicted molar refractivity (Wildman–Crippen MR) is 148 cm³/mol. The summed E-state index contributed by atoms with van der Waals surface area (Å²) in [6, 6.07) is 12.7. The van der Waals surface area contributed by atoms with Crippen molar-refractivity contribution in [2.75, 3.05) is 11.1 Å². The third-order valence-corrected chi connectivity index (χ3v) is 9.08. The molecule has 40 heavy (non-hydrogen) atoms. The molecule has 0 saturated heterocycles. The fourth-order valence-corrected chi connectivity index (χ4v) is 6.87. The van der Waals surface area contributed by atoms with Gasteiger partial charge in [-0.05, 0) is 82.7 Å². The second kappa shape index (κ2) is 10.6. The van der Waals surface area contributed by atoms with E-state index in [-0.39, 0.29) is 34.8 Å². The van der Waals surface area contributed by atoms with Crippen molar-refractivity contribution >= 4 is 33.2 Å². The van der Waals surface area contributed by atoms with Crippen molar-refractivity contribution < 1.29 is 27.6 Å².